The third-order valence-corrected chi connectivity index (χ3v) is 5.70. The lowest BCUT2D eigenvalue weighted by molar-refractivity contribution is 0.669. The minimum atomic E-state index is 0.174. The molecular weight excluding hydrogens is 394 g/mol. The molecule has 6 rings (SSSR count). The van der Waals surface area contributed by atoms with Crippen molar-refractivity contribution in [2.45, 2.75) is 12.8 Å². The zero-order valence-corrected chi connectivity index (χ0v) is 16.7. The Morgan fingerprint density at radius 1 is 0.767 bits per heavy atom. The van der Waals surface area contributed by atoms with Crippen molar-refractivity contribution < 1.29 is 4.42 Å². The van der Waals surface area contributed by atoms with Crippen LogP contribution >= 0.6 is 11.6 Å². The van der Waals surface area contributed by atoms with Gasteiger partial charge in [-0.3, -0.25) is 0 Å². The normalized spacial score (nSPS) is 13.1. The number of para-hydroxylation sites is 1. The van der Waals surface area contributed by atoms with Gasteiger partial charge in [0.05, 0.1) is 0 Å². The summed E-state index contributed by atoms with van der Waals surface area (Å²) in [5.74, 6) is 1.09. The van der Waals surface area contributed by atoms with Gasteiger partial charge >= 0.3 is 0 Å². The molecule has 0 saturated carbocycles. The maximum atomic E-state index is 6.28. The molecule has 5 aromatic rings. The van der Waals surface area contributed by atoms with E-state index < -0.39 is 0 Å². The van der Waals surface area contributed by atoms with E-state index in [1.54, 1.807) is 0 Å². The second-order valence-corrected chi connectivity index (χ2v) is 7.75. The highest BCUT2D eigenvalue weighted by Crippen LogP contribution is 2.32. The fourth-order valence-corrected chi connectivity index (χ4v) is 4.20. The van der Waals surface area contributed by atoms with Crippen LogP contribution in [0.2, 0.25) is 5.28 Å². The highest BCUT2D eigenvalue weighted by atomic mass is 35.5. The number of hydrogen-bond donors (Lipinski definition) is 0. The van der Waals surface area contributed by atoms with Crippen molar-refractivity contribution >= 4 is 39.6 Å². The molecule has 0 bridgehead atoms. The molecule has 0 radical (unpaired) electrons. The number of allylic oxidation sites excluding steroid dienone is 1. The van der Waals surface area contributed by atoms with Crippen LogP contribution in [-0.2, 0) is 6.42 Å². The predicted octanol–water partition coefficient (Wildman–Crippen LogP) is 6.72. The smallest absolute Gasteiger partial charge is 0.226 e. The number of hydrogen-bond acceptors (Lipinski definition) is 4. The maximum Gasteiger partial charge on any atom is 0.226 e. The third kappa shape index (κ3) is 2.88. The van der Waals surface area contributed by atoms with E-state index >= 15 is 0 Å². The molecule has 0 N–H and O–H groups in total. The molecular formula is C25H16ClN3O. The molecule has 4 nitrogen and oxygen atoms in total. The Hall–Kier alpha value is -3.50. The molecule has 0 fully saturated rings. The van der Waals surface area contributed by atoms with E-state index in [-0.39, 0.29) is 5.28 Å². The van der Waals surface area contributed by atoms with Gasteiger partial charge in [0.2, 0.25) is 5.28 Å². The summed E-state index contributed by atoms with van der Waals surface area (Å²) < 4.78 is 6.01. The van der Waals surface area contributed by atoms with Crippen molar-refractivity contribution in [1.82, 2.24) is 15.0 Å². The van der Waals surface area contributed by atoms with Crippen LogP contribution in [0.15, 0.2) is 71.2 Å². The summed E-state index contributed by atoms with van der Waals surface area (Å²) in [5.41, 5.74) is 5.98. The van der Waals surface area contributed by atoms with Crippen LogP contribution in [0, 0.1) is 0 Å². The molecule has 1 aliphatic carbocycles. The lowest BCUT2D eigenvalue weighted by atomic mass is 9.95. The van der Waals surface area contributed by atoms with Crippen LogP contribution in [0.25, 0.3) is 50.8 Å². The van der Waals surface area contributed by atoms with Crippen molar-refractivity contribution in [3.63, 3.8) is 0 Å². The van der Waals surface area contributed by atoms with Crippen LogP contribution < -0.4 is 0 Å². The van der Waals surface area contributed by atoms with Gasteiger partial charge in [-0.25, -0.2) is 4.98 Å². The standard InChI is InChI=1S/C25H16ClN3O/c26-25-28-23(17-10-9-15-5-1-2-6-16(15)13-17)27-24(29-25)18-11-12-20-19-7-3-4-8-21(19)30-22(20)14-18/h2-4,6-14H,1,5H2. The van der Waals surface area contributed by atoms with Crippen molar-refractivity contribution in [1.29, 1.82) is 0 Å². The number of halogens is 1. The zero-order valence-electron chi connectivity index (χ0n) is 16.0. The quantitative estimate of drug-likeness (QED) is 0.325. The Kier molecular flexibility index (Phi) is 3.93. The summed E-state index contributed by atoms with van der Waals surface area (Å²) in [6, 6.07) is 20.3. The van der Waals surface area contributed by atoms with Gasteiger partial charge in [-0.1, -0.05) is 48.6 Å². The van der Waals surface area contributed by atoms with E-state index in [9.17, 15) is 0 Å². The van der Waals surface area contributed by atoms with Gasteiger partial charge in [-0.2, -0.15) is 9.97 Å². The molecule has 3 aromatic carbocycles. The van der Waals surface area contributed by atoms with Crippen LogP contribution in [0.1, 0.15) is 17.5 Å². The van der Waals surface area contributed by atoms with Gasteiger partial charge in [-0.05, 0) is 59.8 Å². The van der Waals surface area contributed by atoms with E-state index in [1.165, 1.54) is 11.1 Å². The topological polar surface area (TPSA) is 51.8 Å². The average Bonchev–Trinajstić information content (AvgIpc) is 3.16. The van der Waals surface area contributed by atoms with Gasteiger partial charge < -0.3 is 4.42 Å². The molecule has 0 aliphatic heterocycles. The predicted molar refractivity (Wildman–Crippen MR) is 120 cm³/mol. The molecule has 5 heteroatoms. The monoisotopic (exact) mass is 409 g/mol. The molecule has 144 valence electrons. The first-order chi connectivity index (χ1) is 14.7. The van der Waals surface area contributed by atoms with E-state index in [0.717, 1.165) is 45.9 Å². The first kappa shape index (κ1) is 17.4. The van der Waals surface area contributed by atoms with Gasteiger partial charge in [0.15, 0.2) is 11.6 Å². The molecule has 0 unspecified atom stereocenters. The first-order valence-corrected chi connectivity index (χ1v) is 10.3. The number of benzene rings is 3. The van der Waals surface area contributed by atoms with Gasteiger partial charge in [-0.15, -0.1) is 0 Å². The zero-order chi connectivity index (χ0) is 20.1. The largest absolute Gasteiger partial charge is 0.456 e. The highest BCUT2D eigenvalue weighted by molar-refractivity contribution is 6.28. The van der Waals surface area contributed by atoms with Crippen LogP contribution in [0.5, 0.6) is 0 Å². The van der Waals surface area contributed by atoms with E-state index in [0.29, 0.717) is 11.6 Å². The summed E-state index contributed by atoms with van der Waals surface area (Å²) in [7, 11) is 0. The third-order valence-electron chi connectivity index (χ3n) is 5.53. The SMILES string of the molecule is Clc1nc(-c2ccc3c(c2)C=CCC3)nc(-c2ccc3c(c2)oc2ccccc23)n1. The molecule has 0 saturated heterocycles. The fraction of sp³-hybridized carbons (Fsp3) is 0.0800. The Balaban J connectivity index is 1.47. The molecule has 0 spiro atoms. The number of fused-ring (bicyclic) bond motifs is 4. The Bertz CT molecular complexity index is 1470. The van der Waals surface area contributed by atoms with Gasteiger partial charge in [0.1, 0.15) is 11.2 Å². The Labute approximate surface area is 177 Å². The van der Waals surface area contributed by atoms with E-state index in [1.807, 2.05) is 36.4 Å². The van der Waals surface area contributed by atoms with Crippen LogP contribution in [0.4, 0.5) is 0 Å². The maximum absolute atomic E-state index is 6.28. The van der Waals surface area contributed by atoms with Crippen molar-refractivity contribution in [2.24, 2.45) is 0 Å². The summed E-state index contributed by atoms with van der Waals surface area (Å²) >= 11 is 6.28. The van der Waals surface area contributed by atoms with Crippen LogP contribution in [0.3, 0.4) is 0 Å². The summed E-state index contributed by atoms with van der Waals surface area (Å²) in [5, 5.41) is 2.33. The van der Waals surface area contributed by atoms with Gasteiger partial charge in [0.25, 0.3) is 0 Å². The van der Waals surface area contributed by atoms with Crippen molar-refractivity contribution in [3.05, 3.63) is 83.2 Å². The number of aromatic nitrogens is 3. The number of rotatable bonds is 2. The number of furan rings is 1. The molecule has 1 aliphatic rings. The molecule has 0 atom stereocenters. The van der Waals surface area contributed by atoms with Crippen molar-refractivity contribution in [3.8, 4) is 22.8 Å². The Morgan fingerprint density at radius 3 is 2.43 bits per heavy atom. The molecule has 30 heavy (non-hydrogen) atoms. The molecule has 0 amide bonds. The van der Waals surface area contributed by atoms with E-state index in [2.05, 4.69) is 46.4 Å². The second kappa shape index (κ2) is 6.78. The lowest BCUT2D eigenvalue weighted by Crippen LogP contribution is -1.99. The highest BCUT2D eigenvalue weighted by Gasteiger charge is 2.14. The van der Waals surface area contributed by atoms with Crippen molar-refractivity contribution in [2.75, 3.05) is 0 Å². The average molecular weight is 410 g/mol. The number of nitrogens with zero attached hydrogens (tertiary/aromatic N) is 3. The Morgan fingerprint density at radius 2 is 1.53 bits per heavy atom. The second-order valence-electron chi connectivity index (χ2n) is 7.42. The molecule has 2 aromatic heterocycles. The minimum Gasteiger partial charge on any atom is -0.456 e. The lowest BCUT2D eigenvalue weighted by Gasteiger charge is -2.12. The van der Waals surface area contributed by atoms with E-state index in [4.69, 9.17) is 21.0 Å². The van der Waals surface area contributed by atoms with Crippen LogP contribution in [-0.4, -0.2) is 15.0 Å². The number of aryl methyl sites for hydroxylation is 1. The minimum absolute atomic E-state index is 0.174. The summed E-state index contributed by atoms with van der Waals surface area (Å²) in [6.45, 7) is 0. The summed E-state index contributed by atoms with van der Waals surface area (Å²) in [4.78, 5) is 13.4. The fourth-order valence-electron chi connectivity index (χ4n) is 4.04. The first-order valence-electron chi connectivity index (χ1n) is 9.88. The molecule has 2 heterocycles. The van der Waals surface area contributed by atoms with Gasteiger partial charge in [0, 0.05) is 21.9 Å². The summed E-state index contributed by atoms with van der Waals surface area (Å²) in [6.07, 6.45) is 6.49.